The van der Waals surface area contributed by atoms with Gasteiger partial charge in [-0.05, 0) is 79.3 Å². The third-order valence-electron chi connectivity index (χ3n) is 5.92. The molecule has 2 aliphatic heterocycles. The van der Waals surface area contributed by atoms with Crippen LogP contribution in [0.2, 0.25) is 0 Å². The highest BCUT2D eigenvalue weighted by Crippen LogP contribution is 2.38. The zero-order chi connectivity index (χ0) is 22.5. The van der Waals surface area contributed by atoms with E-state index in [-0.39, 0.29) is 18.1 Å². The normalized spacial score (nSPS) is 24.3. The molecule has 5 nitrogen and oxygen atoms in total. The second kappa shape index (κ2) is 7.59. The summed E-state index contributed by atoms with van der Waals surface area (Å²) in [7, 11) is -0.715. The molecule has 30 heavy (non-hydrogen) atoms. The van der Waals surface area contributed by atoms with Crippen LogP contribution < -0.4 is 15.1 Å². The molecule has 0 radical (unpaired) electrons. The lowest BCUT2D eigenvalue weighted by Crippen LogP contribution is -2.49. The van der Waals surface area contributed by atoms with Crippen LogP contribution in [0.3, 0.4) is 0 Å². The number of hydrogen-bond acceptors (Lipinski definition) is 5. The van der Waals surface area contributed by atoms with Crippen molar-refractivity contribution < 1.29 is 27.2 Å². The third kappa shape index (κ3) is 4.88. The number of halogens is 3. The molecule has 0 aliphatic carbocycles. The fraction of sp³-hybridized carbons (Fsp3) is 0.762. The molecular weight excluding hydrogens is 396 g/mol. The molecule has 0 amide bonds. The fourth-order valence-corrected chi connectivity index (χ4v) is 3.69. The molecule has 1 atom stereocenters. The minimum absolute atomic E-state index is 0.0569. The zero-order valence-corrected chi connectivity index (χ0v) is 18.9. The van der Waals surface area contributed by atoms with Crippen LogP contribution in [-0.2, 0) is 9.31 Å². The van der Waals surface area contributed by atoms with Gasteiger partial charge in [0.25, 0.3) is 0 Å². The van der Waals surface area contributed by atoms with E-state index in [2.05, 4.69) is 4.98 Å². The second-order valence-corrected chi connectivity index (χ2v) is 10.1. The van der Waals surface area contributed by atoms with E-state index in [1.165, 1.54) is 4.90 Å². The first-order chi connectivity index (χ1) is 13.6. The van der Waals surface area contributed by atoms with Gasteiger partial charge in [-0.25, -0.2) is 0 Å². The van der Waals surface area contributed by atoms with Crippen LogP contribution in [0.5, 0.6) is 5.88 Å². The average Bonchev–Trinajstić information content (AvgIpc) is 2.80. The Kier molecular flexibility index (Phi) is 5.87. The quantitative estimate of drug-likeness (QED) is 0.665. The molecule has 168 valence electrons. The minimum Gasteiger partial charge on any atom is -0.472 e. The number of anilines is 1. The molecule has 0 saturated carbocycles. The lowest BCUT2D eigenvalue weighted by molar-refractivity contribution is -0.152. The van der Waals surface area contributed by atoms with Gasteiger partial charge in [-0.2, -0.15) is 18.2 Å². The molecule has 2 aliphatic rings. The Labute approximate surface area is 177 Å². The van der Waals surface area contributed by atoms with E-state index in [1.807, 2.05) is 48.5 Å². The molecule has 3 heterocycles. The van der Waals surface area contributed by atoms with Gasteiger partial charge in [0.15, 0.2) is 0 Å². The molecular formula is C21H32BF3N2O3. The van der Waals surface area contributed by atoms with E-state index in [9.17, 15) is 13.2 Å². The van der Waals surface area contributed by atoms with Gasteiger partial charge in [0, 0.05) is 12.6 Å². The highest BCUT2D eigenvalue weighted by Gasteiger charge is 2.52. The first-order valence-electron chi connectivity index (χ1n) is 10.5. The zero-order valence-electron chi connectivity index (χ0n) is 18.9. The SMILES string of the molecule is CC(C)(C)Oc1cc(B2OC(C)(C)C(C)(C)O2)cc(N2CCCCC2C(F)(F)F)n1. The summed E-state index contributed by atoms with van der Waals surface area (Å²) in [5.74, 6) is 0.500. The van der Waals surface area contributed by atoms with Crippen molar-refractivity contribution in [3.63, 3.8) is 0 Å². The van der Waals surface area contributed by atoms with Crippen LogP contribution in [0, 0.1) is 0 Å². The van der Waals surface area contributed by atoms with Gasteiger partial charge in [-0.3, -0.25) is 0 Å². The van der Waals surface area contributed by atoms with E-state index in [0.717, 1.165) is 0 Å². The number of piperidine rings is 1. The maximum atomic E-state index is 13.7. The Balaban J connectivity index is 2.03. The van der Waals surface area contributed by atoms with Crippen LogP contribution in [0.25, 0.3) is 0 Å². The van der Waals surface area contributed by atoms with Crippen LogP contribution in [-0.4, -0.2) is 47.7 Å². The summed E-state index contributed by atoms with van der Waals surface area (Å²) in [5, 5.41) is 0. The third-order valence-corrected chi connectivity index (χ3v) is 5.92. The van der Waals surface area contributed by atoms with Crippen molar-refractivity contribution in [2.45, 2.75) is 96.7 Å². The Morgan fingerprint density at radius 1 is 1.07 bits per heavy atom. The number of rotatable bonds is 3. The molecule has 9 heteroatoms. The van der Waals surface area contributed by atoms with Gasteiger partial charge in [0.05, 0.1) is 11.2 Å². The summed E-state index contributed by atoms with van der Waals surface area (Å²) >= 11 is 0. The maximum absolute atomic E-state index is 13.7. The van der Waals surface area contributed by atoms with Crippen LogP contribution >= 0.6 is 0 Å². The molecule has 1 aromatic heterocycles. The molecule has 2 fully saturated rings. The number of ether oxygens (including phenoxy) is 1. The van der Waals surface area contributed by atoms with E-state index in [4.69, 9.17) is 14.0 Å². The van der Waals surface area contributed by atoms with Crippen LogP contribution in [0.4, 0.5) is 19.0 Å². The van der Waals surface area contributed by atoms with E-state index in [1.54, 1.807) is 12.1 Å². The summed E-state index contributed by atoms with van der Waals surface area (Å²) in [6.45, 7) is 13.6. The van der Waals surface area contributed by atoms with E-state index in [0.29, 0.717) is 24.8 Å². The summed E-state index contributed by atoms with van der Waals surface area (Å²) in [6, 6.07) is 1.78. The van der Waals surface area contributed by atoms with Crippen molar-refractivity contribution in [1.29, 1.82) is 0 Å². The molecule has 0 spiro atoms. The monoisotopic (exact) mass is 428 g/mol. The molecule has 1 aromatic rings. The van der Waals surface area contributed by atoms with Crippen LogP contribution in [0.15, 0.2) is 12.1 Å². The van der Waals surface area contributed by atoms with Crippen molar-refractivity contribution in [3.05, 3.63) is 12.1 Å². The lowest BCUT2D eigenvalue weighted by atomic mass is 9.79. The van der Waals surface area contributed by atoms with Crippen molar-refractivity contribution in [2.75, 3.05) is 11.4 Å². The summed E-state index contributed by atoms with van der Waals surface area (Å²) < 4.78 is 59.3. The van der Waals surface area contributed by atoms with Crippen LogP contribution in [0.1, 0.15) is 67.7 Å². The number of aromatic nitrogens is 1. The Morgan fingerprint density at radius 2 is 1.67 bits per heavy atom. The molecule has 0 aromatic carbocycles. The Hall–Kier alpha value is -1.48. The Bertz CT molecular complexity index is 762. The second-order valence-electron chi connectivity index (χ2n) is 10.1. The number of nitrogens with zero attached hydrogens (tertiary/aromatic N) is 2. The summed E-state index contributed by atoms with van der Waals surface area (Å²) in [5.41, 5.74) is -1.08. The molecule has 2 saturated heterocycles. The van der Waals surface area contributed by atoms with Gasteiger partial charge in [0.2, 0.25) is 5.88 Å². The smallest absolute Gasteiger partial charge is 0.472 e. The van der Waals surface area contributed by atoms with Crippen molar-refractivity contribution in [3.8, 4) is 5.88 Å². The highest BCUT2D eigenvalue weighted by atomic mass is 19.4. The predicted molar refractivity (Wildman–Crippen MR) is 111 cm³/mol. The summed E-state index contributed by atoms with van der Waals surface area (Å²) in [6.07, 6.45) is -3.04. The average molecular weight is 428 g/mol. The molecule has 0 N–H and O–H groups in total. The number of hydrogen-bond donors (Lipinski definition) is 0. The van der Waals surface area contributed by atoms with Gasteiger partial charge in [-0.1, -0.05) is 0 Å². The van der Waals surface area contributed by atoms with Crippen molar-refractivity contribution in [1.82, 2.24) is 4.98 Å². The van der Waals surface area contributed by atoms with Crippen molar-refractivity contribution >= 4 is 18.4 Å². The Morgan fingerprint density at radius 3 is 2.20 bits per heavy atom. The number of pyridine rings is 1. The lowest BCUT2D eigenvalue weighted by Gasteiger charge is -2.38. The highest BCUT2D eigenvalue weighted by molar-refractivity contribution is 6.62. The van der Waals surface area contributed by atoms with E-state index < -0.39 is 36.1 Å². The van der Waals surface area contributed by atoms with Crippen molar-refractivity contribution in [2.24, 2.45) is 0 Å². The topological polar surface area (TPSA) is 43.8 Å². The largest absolute Gasteiger partial charge is 0.495 e. The number of alkyl halides is 3. The maximum Gasteiger partial charge on any atom is 0.495 e. The van der Waals surface area contributed by atoms with Gasteiger partial charge < -0.3 is 18.9 Å². The molecule has 1 unspecified atom stereocenters. The van der Waals surface area contributed by atoms with Gasteiger partial charge in [0.1, 0.15) is 17.5 Å². The fourth-order valence-electron chi connectivity index (χ4n) is 3.69. The first-order valence-corrected chi connectivity index (χ1v) is 10.5. The standard InChI is InChI=1S/C21H32BF3N2O3/c1-18(2,3)28-17-13-14(22-29-19(4,5)20(6,7)30-22)12-16(26-17)27-11-9-8-10-15(27)21(23,24)25/h12-13,15H,8-11H2,1-7H3. The summed E-state index contributed by atoms with van der Waals surface area (Å²) in [4.78, 5) is 5.78. The molecule has 3 rings (SSSR count). The van der Waals surface area contributed by atoms with E-state index >= 15 is 0 Å². The van der Waals surface area contributed by atoms with Gasteiger partial charge >= 0.3 is 13.3 Å². The minimum atomic E-state index is -4.33. The molecule has 0 bridgehead atoms. The first kappa shape index (κ1) is 23.2. The predicted octanol–water partition coefficient (Wildman–Crippen LogP) is 4.48. The van der Waals surface area contributed by atoms with Gasteiger partial charge in [-0.15, -0.1) is 0 Å².